The Kier molecular flexibility index (Phi) is 4.84. The highest BCUT2D eigenvalue weighted by atomic mass is 16.5. The van der Waals surface area contributed by atoms with Crippen LogP contribution in [0.4, 0.5) is 0 Å². The molecule has 0 aromatic heterocycles. The van der Waals surface area contributed by atoms with Gasteiger partial charge < -0.3 is 20.1 Å². The minimum absolute atomic E-state index is 0.00306. The predicted molar refractivity (Wildman–Crippen MR) is 77.3 cm³/mol. The molecule has 0 spiro atoms. The van der Waals surface area contributed by atoms with Gasteiger partial charge in [-0.15, -0.1) is 0 Å². The number of nitrogens with two attached hydrogens (primary N) is 1. The topological polar surface area (TPSA) is 64.8 Å². The zero-order valence-corrected chi connectivity index (χ0v) is 12.1. The molecule has 0 aliphatic heterocycles. The molecular formula is C15H22N2O3. The van der Waals surface area contributed by atoms with Gasteiger partial charge >= 0.3 is 0 Å². The van der Waals surface area contributed by atoms with E-state index in [-0.39, 0.29) is 5.91 Å². The van der Waals surface area contributed by atoms with Crippen LogP contribution < -0.4 is 15.2 Å². The maximum Gasteiger partial charge on any atom is 0.258 e. The van der Waals surface area contributed by atoms with Crippen LogP contribution in [0.5, 0.6) is 11.5 Å². The summed E-state index contributed by atoms with van der Waals surface area (Å²) in [7, 11) is 3.16. The van der Waals surface area contributed by atoms with Gasteiger partial charge in [0.25, 0.3) is 5.91 Å². The first-order valence-electron chi connectivity index (χ1n) is 6.94. The molecule has 1 aromatic carbocycles. The fourth-order valence-corrected chi connectivity index (χ4v) is 2.23. The Balaban J connectivity index is 2.24. The predicted octanol–water partition coefficient (Wildman–Crippen LogP) is 1.66. The van der Waals surface area contributed by atoms with Crippen LogP contribution in [0, 0.1) is 0 Å². The first kappa shape index (κ1) is 14.7. The molecule has 0 saturated heterocycles. The van der Waals surface area contributed by atoms with E-state index in [9.17, 15) is 4.79 Å². The standard InChI is InChI=1S/C15H22N2O3/c1-19-12-6-7-14(20-2)13(10-12)15(18)17(9-3-8-16)11-4-5-11/h6-7,10-11H,3-5,8-9,16H2,1-2H3. The Morgan fingerprint density at radius 3 is 2.65 bits per heavy atom. The SMILES string of the molecule is COc1ccc(OC)c(C(=O)N(CCCN)C2CC2)c1. The molecule has 0 heterocycles. The van der Waals surface area contributed by atoms with E-state index in [0.29, 0.717) is 36.2 Å². The molecular weight excluding hydrogens is 256 g/mol. The van der Waals surface area contributed by atoms with Gasteiger partial charge in [0.1, 0.15) is 11.5 Å². The lowest BCUT2D eigenvalue weighted by atomic mass is 10.1. The van der Waals surface area contributed by atoms with E-state index in [4.69, 9.17) is 15.2 Å². The molecule has 5 nitrogen and oxygen atoms in total. The van der Waals surface area contributed by atoms with E-state index in [0.717, 1.165) is 19.3 Å². The second-order valence-electron chi connectivity index (χ2n) is 4.94. The molecule has 1 fully saturated rings. The van der Waals surface area contributed by atoms with Crippen molar-refractivity contribution in [1.82, 2.24) is 4.90 Å². The number of methoxy groups -OCH3 is 2. The number of ether oxygens (including phenoxy) is 2. The number of carbonyl (C=O) groups excluding carboxylic acids is 1. The van der Waals surface area contributed by atoms with Gasteiger partial charge in [0.2, 0.25) is 0 Å². The summed E-state index contributed by atoms with van der Waals surface area (Å²) in [4.78, 5) is 14.6. The lowest BCUT2D eigenvalue weighted by molar-refractivity contribution is 0.0738. The molecule has 1 aromatic rings. The molecule has 0 radical (unpaired) electrons. The number of carbonyl (C=O) groups is 1. The highest BCUT2D eigenvalue weighted by molar-refractivity contribution is 5.97. The van der Waals surface area contributed by atoms with Crippen molar-refractivity contribution in [2.75, 3.05) is 27.3 Å². The third kappa shape index (κ3) is 3.22. The Morgan fingerprint density at radius 1 is 1.35 bits per heavy atom. The van der Waals surface area contributed by atoms with Gasteiger partial charge in [-0.1, -0.05) is 0 Å². The van der Waals surface area contributed by atoms with Gasteiger partial charge in [-0.25, -0.2) is 0 Å². The minimum Gasteiger partial charge on any atom is -0.497 e. The average Bonchev–Trinajstić information content (AvgIpc) is 3.31. The summed E-state index contributed by atoms with van der Waals surface area (Å²) in [5, 5.41) is 0. The van der Waals surface area contributed by atoms with Crippen LogP contribution in [-0.2, 0) is 0 Å². The third-order valence-corrected chi connectivity index (χ3v) is 3.49. The van der Waals surface area contributed by atoms with Crippen LogP contribution in [0.15, 0.2) is 18.2 Å². The lowest BCUT2D eigenvalue weighted by Crippen LogP contribution is -2.35. The van der Waals surface area contributed by atoms with Crippen molar-refractivity contribution >= 4 is 5.91 Å². The number of amides is 1. The van der Waals surface area contributed by atoms with Crippen LogP contribution in [0.3, 0.4) is 0 Å². The van der Waals surface area contributed by atoms with Crippen molar-refractivity contribution < 1.29 is 14.3 Å². The number of benzene rings is 1. The molecule has 2 N–H and O–H groups in total. The Labute approximate surface area is 119 Å². The van der Waals surface area contributed by atoms with Crippen LogP contribution in [0.25, 0.3) is 0 Å². The van der Waals surface area contributed by atoms with Crippen LogP contribution >= 0.6 is 0 Å². The smallest absolute Gasteiger partial charge is 0.258 e. The van der Waals surface area contributed by atoms with Gasteiger partial charge in [-0.2, -0.15) is 0 Å². The Hall–Kier alpha value is -1.75. The highest BCUT2D eigenvalue weighted by Gasteiger charge is 2.33. The van der Waals surface area contributed by atoms with Gasteiger partial charge in [-0.3, -0.25) is 4.79 Å². The second kappa shape index (κ2) is 6.61. The summed E-state index contributed by atoms with van der Waals surface area (Å²) in [6.45, 7) is 1.28. The summed E-state index contributed by atoms with van der Waals surface area (Å²) in [5.41, 5.74) is 6.11. The van der Waals surface area contributed by atoms with Gasteiger partial charge in [0.15, 0.2) is 0 Å². The summed E-state index contributed by atoms with van der Waals surface area (Å²) in [5.74, 6) is 1.23. The highest BCUT2D eigenvalue weighted by Crippen LogP contribution is 2.31. The first-order chi connectivity index (χ1) is 9.71. The second-order valence-corrected chi connectivity index (χ2v) is 4.94. The summed E-state index contributed by atoms with van der Waals surface area (Å²) in [6.07, 6.45) is 2.96. The molecule has 2 rings (SSSR count). The fraction of sp³-hybridized carbons (Fsp3) is 0.533. The van der Waals surface area contributed by atoms with Crippen LogP contribution in [0.2, 0.25) is 0 Å². The fourth-order valence-electron chi connectivity index (χ4n) is 2.23. The molecule has 1 aliphatic rings. The molecule has 0 bridgehead atoms. The van der Waals surface area contributed by atoms with E-state index in [1.54, 1.807) is 32.4 Å². The summed E-state index contributed by atoms with van der Waals surface area (Å²) < 4.78 is 10.5. The normalized spacial score (nSPS) is 13.9. The Morgan fingerprint density at radius 2 is 2.10 bits per heavy atom. The number of rotatable bonds is 7. The van der Waals surface area contributed by atoms with Crippen molar-refractivity contribution in [3.8, 4) is 11.5 Å². The number of hydrogen-bond acceptors (Lipinski definition) is 4. The average molecular weight is 278 g/mol. The molecule has 0 atom stereocenters. The van der Waals surface area contributed by atoms with E-state index in [1.165, 1.54) is 0 Å². The van der Waals surface area contributed by atoms with Gasteiger partial charge in [0, 0.05) is 12.6 Å². The zero-order chi connectivity index (χ0) is 14.5. The van der Waals surface area contributed by atoms with Crippen molar-refractivity contribution in [1.29, 1.82) is 0 Å². The lowest BCUT2D eigenvalue weighted by Gasteiger charge is -2.23. The van der Waals surface area contributed by atoms with Crippen LogP contribution in [0.1, 0.15) is 29.6 Å². The van der Waals surface area contributed by atoms with E-state index >= 15 is 0 Å². The van der Waals surface area contributed by atoms with Crippen LogP contribution in [-0.4, -0.2) is 44.2 Å². The monoisotopic (exact) mass is 278 g/mol. The molecule has 110 valence electrons. The maximum absolute atomic E-state index is 12.7. The summed E-state index contributed by atoms with van der Waals surface area (Å²) >= 11 is 0. The first-order valence-corrected chi connectivity index (χ1v) is 6.94. The van der Waals surface area contributed by atoms with Gasteiger partial charge in [0.05, 0.1) is 19.8 Å². The minimum atomic E-state index is -0.00306. The summed E-state index contributed by atoms with van der Waals surface area (Å²) in [6, 6.07) is 5.64. The van der Waals surface area contributed by atoms with E-state index < -0.39 is 0 Å². The third-order valence-electron chi connectivity index (χ3n) is 3.49. The molecule has 1 aliphatic carbocycles. The Bertz CT molecular complexity index is 472. The molecule has 0 unspecified atom stereocenters. The maximum atomic E-state index is 12.7. The zero-order valence-electron chi connectivity index (χ0n) is 12.1. The molecule has 1 saturated carbocycles. The number of nitrogens with zero attached hydrogens (tertiary/aromatic N) is 1. The largest absolute Gasteiger partial charge is 0.497 e. The van der Waals surface area contributed by atoms with E-state index in [1.807, 2.05) is 4.90 Å². The molecule has 20 heavy (non-hydrogen) atoms. The van der Waals surface area contributed by atoms with Crippen molar-refractivity contribution in [3.05, 3.63) is 23.8 Å². The van der Waals surface area contributed by atoms with Crippen molar-refractivity contribution in [2.24, 2.45) is 5.73 Å². The molecule has 1 amide bonds. The van der Waals surface area contributed by atoms with Crippen molar-refractivity contribution in [3.63, 3.8) is 0 Å². The molecule has 5 heteroatoms. The number of hydrogen-bond donors (Lipinski definition) is 1. The van der Waals surface area contributed by atoms with Crippen molar-refractivity contribution in [2.45, 2.75) is 25.3 Å². The van der Waals surface area contributed by atoms with Gasteiger partial charge in [-0.05, 0) is 44.0 Å². The quantitative estimate of drug-likeness (QED) is 0.824. The van der Waals surface area contributed by atoms with E-state index in [2.05, 4.69) is 0 Å².